The Morgan fingerprint density at radius 1 is 1.14 bits per heavy atom. The average molecular weight is 350 g/mol. The zero-order valence-electron chi connectivity index (χ0n) is 11.6. The van der Waals surface area contributed by atoms with Gasteiger partial charge in [-0.2, -0.15) is 0 Å². The minimum atomic E-state index is -0.0988. The molecule has 0 unspecified atom stereocenters. The smallest absolute Gasteiger partial charge is 0.227 e. The molecule has 4 nitrogen and oxygen atoms in total. The molecule has 0 aliphatic carbocycles. The molecule has 0 atom stereocenters. The molecule has 2 aromatic rings. The van der Waals surface area contributed by atoms with Gasteiger partial charge in [0.2, 0.25) is 5.91 Å². The number of hydrogen-bond donors (Lipinski definition) is 1. The largest absolute Gasteiger partial charge is 0.497 e. The van der Waals surface area contributed by atoms with Gasteiger partial charge in [-0.25, -0.2) is 0 Å². The van der Waals surface area contributed by atoms with Crippen LogP contribution in [0.4, 0.5) is 5.69 Å². The maximum atomic E-state index is 11.8. The third-order valence-electron chi connectivity index (χ3n) is 2.75. The number of anilines is 1. The fourth-order valence-corrected chi connectivity index (χ4v) is 2.12. The van der Waals surface area contributed by atoms with Crippen LogP contribution in [0.2, 0.25) is 0 Å². The highest BCUT2D eigenvalue weighted by atomic mass is 79.9. The van der Waals surface area contributed by atoms with Crippen molar-refractivity contribution in [3.8, 4) is 11.5 Å². The van der Waals surface area contributed by atoms with Gasteiger partial charge in [-0.1, -0.05) is 28.1 Å². The number of carbonyl (C=O) groups is 1. The molecular formula is C16H16BrNO3. The van der Waals surface area contributed by atoms with E-state index in [0.29, 0.717) is 18.0 Å². The molecule has 2 rings (SSSR count). The fourth-order valence-electron chi connectivity index (χ4n) is 1.74. The molecular weight excluding hydrogens is 334 g/mol. The van der Waals surface area contributed by atoms with Gasteiger partial charge in [-0.15, -0.1) is 0 Å². The van der Waals surface area contributed by atoms with Crippen LogP contribution in [0, 0.1) is 0 Å². The van der Waals surface area contributed by atoms with Crippen molar-refractivity contribution in [2.24, 2.45) is 0 Å². The van der Waals surface area contributed by atoms with Crippen LogP contribution in [0.1, 0.15) is 6.42 Å². The first-order valence-electron chi connectivity index (χ1n) is 6.49. The van der Waals surface area contributed by atoms with E-state index in [9.17, 15) is 4.79 Å². The summed E-state index contributed by atoms with van der Waals surface area (Å²) in [6.45, 7) is 0.326. The van der Waals surface area contributed by atoms with E-state index in [4.69, 9.17) is 9.47 Å². The zero-order chi connectivity index (χ0) is 15.1. The predicted octanol–water partition coefficient (Wildman–Crippen LogP) is 3.87. The molecule has 0 heterocycles. The summed E-state index contributed by atoms with van der Waals surface area (Å²) in [6, 6.07) is 14.8. The third-order valence-corrected chi connectivity index (χ3v) is 3.24. The highest BCUT2D eigenvalue weighted by Crippen LogP contribution is 2.18. The number of amides is 1. The number of methoxy groups -OCH3 is 1. The maximum Gasteiger partial charge on any atom is 0.227 e. The Morgan fingerprint density at radius 3 is 2.67 bits per heavy atom. The first-order valence-corrected chi connectivity index (χ1v) is 7.29. The van der Waals surface area contributed by atoms with Gasteiger partial charge < -0.3 is 14.8 Å². The van der Waals surface area contributed by atoms with Crippen LogP contribution in [0.3, 0.4) is 0 Å². The van der Waals surface area contributed by atoms with E-state index in [1.165, 1.54) is 0 Å². The lowest BCUT2D eigenvalue weighted by Crippen LogP contribution is -2.15. The van der Waals surface area contributed by atoms with Crippen molar-refractivity contribution >= 4 is 27.5 Å². The number of ether oxygens (including phenoxy) is 2. The Bertz CT molecular complexity index is 616. The van der Waals surface area contributed by atoms with Crippen molar-refractivity contribution in [3.63, 3.8) is 0 Å². The zero-order valence-corrected chi connectivity index (χ0v) is 13.2. The molecule has 0 spiro atoms. The van der Waals surface area contributed by atoms with Crippen LogP contribution in [0.5, 0.6) is 11.5 Å². The van der Waals surface area contributed by atoms with Crippen LogP contribution < -0.4 is 14.8 Å². The Hall–Kier alpha value is -2.01. The number of carbonyl (C=O) groups excluding carboxylic acids is 1. The fraction of sp³-hybridized carbons (Fsp3) is 0.188. The van der Waals surface area contributed by atoms with Crippen molar-refractivity contribution in [2.45, 2.75) is 6.42 Å². The van der Waals surface area contributed by atoms with Crippen molar-refractivity contribution in [1.82, 2.24) is 0 Å². The second kappa shape index (κ2) is 7.69. The van der Waals surface area contributed by atoms with E-state index >= 15 is 0 Å². The van der Waals surface area contributed by atoms with Crippen LogP contribution in [-0.2, 0) is 4.79 Å². The summed E-state index contributed by atoms with van der Waals surface area (Å²) >= 11 is 3.37. The summed E-state index contributed by atoms with van der Waals surface area (Å²) in [5.74, 6) is 1.34. The number of hydrogen-bond acceptors (Lipinski definition) is 3. The summed E-state index contributed by atoms with van der Waals surface area (Å²) in [5.41, 5.74) is 0.710. The third kappa shape index (κ3) is 5.11. The van der Waals surface area contributed by atoms with E-state index in [1.807, 2.05) is 42.5 Å². The van der Waals surface area contributed by atoms with Crippen LogP contribution in [-0.4, -0.2) is 19.6 Å². The molecule has 0 radical (unpaired) electrons. The molecule has 2 aromatic carbocycles. The normalized spacial score (nSPS) is 10.0. The number of benzene rings is 2. The second-order valence-electron chi connectivity index (χ2n) is 4.34. The lowest BCUT2D eigenvalue weighted by molar-refractivity contribution is -0.116. The van der Waals surface area contributed by atoms with Gasteiger partial charge in [-0.3, -0.25) is 4.79 Å². The first-order chi connectivity index (χ1) is 10.2. The molecule has 21 heavy (non-hydrogen) atoms. The molecule has 0 aliphatic heterocycles. The number of halogens is 1. The summed E-state index contributed by atoms with van der Waals surface area (Å²) < 4.78 is 11.6. The summed E-state index contributed by atoms with van der Waals surface area (Å²) in [6.07, 6.45) is 0.281. The highest BCUT2D eigenvalue weighted by Gasteiger charge is 2.04. The molecule has 0 fully saturated rings. The standard InChI is InChI=1S/C16H16BrNO3/c1-20-14-6-3-5-13(11-14)18-16(19)8-9-21-15-7-2-4-12(17)10-15/h2-7,10-11H,8-9H2,1H3,(H,18,19). The van der Waals surface area contributed by atoms with E-state index < -0.39 is 0 Å². The summed E-state index contributed by atoms with van der Waals surface area (Å²) in [7, 11) is 1.59. The predicted molar refractivity (Wildman–Crippen MR) is 85.9 cm³/mol. The maximum absolute atomic E-state index is 11.8. The highest BCUT2D eigenvalue weighted by molar-refractivity contribution is 9.10. The van der Waals surface area contributed by atoms with Gasteiger partial charge in [0, 0.05) is 16.2 Å². The Kier molecular flexibility index (Phi) is 5.63. The minimum Gasteiger partial charge on any atom is -0.497 e. The molecule has 5 heteroatoms. The molecule has 0 saturated carbocycles. The Balaban J connectivity index is 1.79. The lowest BCUT2D eigenvalue weighted by Gasteiger charge is -2.08. The van der Waals surface area contributed by atoms with Crippen molar-refractivity contribution in [2.75, 3.05) is 19.0 Å². The lowest BCUT2D eigenvalue weighted by atomic mass is 10.3. The van der Waals surface area contributed by atoms with E-state index in [1.54, 1.807) is 13.2 Å². The van der Waals surface area contributed by atoms with Gasteiger partial charge in [0.05, 0.1) is 20.1 Å². The van der Waals surface area contributed by atoms with Gasteiger partial charge in [-0.05, 0) is 30.3 Å². The van der Waals surface area contributed by atoms with Crippen LogP contribution >= 0.6 is 15.9 Å². The Morgan fingerprint density at radius 2 is 1.90 bits per heavy atom. The summed E-state index contributed by atoms with van der Waals surface area (Å²) in [5, 5.41) is 2.81. The minimum absolute atomic E-state index is 0.0988. The molecule has 0 bridgehead atoms. The van der Waals surface area contributed by atoms with Gasteiger partial charge in [0.1, 0.15) is 11.5 Å². The monoisotopic (exact) mass is 349 g/mol. The van der Waals surface area contributed by atoms with Crippen LogP contribution in [0.15, 0.2) is 53.0 Å². The van der Waals surface area contributed by atoms with E-state index in [2.05, 4.69) is 21.2 Å². The average Bonchev–Trinajstić information content (AvgIpc) is 2.47. The molecule has 1 N–H and O–H groups in total. The first kappa shape index (κ1) is 15.4. The van der Waals surface area contributed by atoms with Gasteiger partial charge >= 0.3 is 0 Å². The van der Waals surface area contributed by atoms with Crippen LogP contribution in [0.25, 0.3) is 0 Å². The molecule has 1 amide bonds. The van der Waals surface area contributed by atoms with Gasteiger partial charge in [0.25, 0.3) is 0 Å². The Labute approximate surface area is 132 Å². The van der Waals surface area contributed by atoms with Crippen molar-refractivity contribution < 1.29 is 14.3 Å². The van der Waals surface area contributed by atoms with E-state index in [0.717, 1.165) is 10.2 Å². The quantitative estimate of drug-likeness (QED) is 0.861. The second-order valence-corrected chi connectivity index (χ2v) is 5.25. The number of rotatable bonds is 6. The van der Waals surface area contributed by atoms with E-state index in [-0.39, 0.29) is 12.3 Å². The van der Waals surface area contributed by atoms with Crippen molar-refractivity contribution in [1.29, 1.82) is 0 Å². The summed E-state index contributed by atoms with van der Waals surface area (Å²) in [4.78, 5) is 11.8. The topological polar surface area (TPSA) is 47.6 Å². The SMILES string of the molecule is COc1cccc(NC(=O)CCOc2cccc(Br)c2)c1. The number of nitrogens with one attached hydrogen (secondary N) is 1. The molecule has 0 aliphatic rings. The molecule has 110 valence electrons. The molecule has 0 aromatic heterocycles. The molecule has 0 saturated heterocycles. The van der Waals surface area contributed by atoms with Crippen molar-refractivity contribution in [3.05, 3.63) is 53.0 Å². The van der Waals surface area contributed by atoms with Gasteiger partial charge in [0.15, 0.2) is 0 Å².